The Kier molecular flexibility index (Phi) is 17.5. The van der Waals surface area contributed by atoms with Gasteiger partial charge < -0.3 is 20.2 Å². The number of fused-ring (bicyclic) bond motifs is 2. The third kappa shape index (κ3) is 13.6. The minimum absolute atomic E-state index is 0. The van der Waals surface area contributed by atoms with Gasteiger partial charge in [-0.25, -0.2) is 16.8 Å². The number of aromatic nitrogens is 2. The molecule has 0 saturated heterocycles. The molecule has 0 spiro atoms. The van der Waals surface area contributed by atoms with Gasteiger partial charge in [0.1, 0.15) is 20.5 Å². The van der Waals surface area contributed by atoms with E-state index in [2.05, 4.69) is 53.1 Å². The molecule has 66 heavy (non-hydrogen) atoms. The van der Waals surface area contributed by atoms with Crippen LogP contribution in [0.25, 0.3) is 21.8 Å². The highest BCUT2D eigenvalue weighted by molar-refractivity contribution is 9.11. The maximum atomic E-state index is 12.8. The van der Waals surface area contributed by atoms with E-state index >= 15 is 0 Å². The first kappa shape index (κ1) is 50.7. The van der Waals surface area contributed by atoms with Crippen LogP contribution < -0.4 is 9.44 Å². The van der Waals surface area contributed by atoms with Gasteiger partial charge in [-0.15, -0.1) is 29.1 Å². The lowest BCUT2D eigenvalue weighted by atomic mass is 10.1. The molecule has 6 N–H and O–H groups in total. The Morgan fingerprint density at radius 2 is 1.08 bits per heavy atom. The molecule has 0 aliphatic carbocycles. The normalized spacial score (nSPS) is 11.9. The Morgan fingerprint density at radius 3 is 1.52 bits per heavy atom. The number of benzene rings is 4. The standard InChI is InChI=1S/C24H20N2O4S2.C15H13BrN2O4S2.C9H8.CH4/c1-16-6-8-17(9-7-16)10-11-19-12-13-23(31-19)32(29,30)26-22(24(27)28)14-18-15-25-21-5-3-2-4-20(18)21;16-13-5-6-14(23-13)24(21,22)18-12(15(19)20)7-9-8-17-11-4-2-1-3-10(9)11;1-3-9-6-4-8(2)5-7-9;/h2-9,12-13,15,22,25-26H,14H2,1H3,(H,27,28);1-6,8,12,17-18H,7H2,(H,19,20);1,4-7H,2H3;1H4/t22-;12-;;/m11../s1. The first-order valence-corrected chi connectivity index (χ1v) is 25.0. The lowest BCUT2D eigenvalue weighted by molar-refractivity contribution is -0.139. The molecule has 4 aromatic carbocycles. The van der Waals surface area contributed by atoms with Gasteiger partial charge >= 0.3 is 11.9 Å². The number of aromatic amines is 2. The Bertz CT molecular complexity index is 3280. The van der Waals surface area contributed by atoms with Gasteiger partial charge in [0.05, 0.1) is 8.66 Å². The minimum atomic E-state index is -4.02. The fourth-order valence-corrected chi connectivity index (χ4v) is 11.9. The third-order valence-electron chi connectivity index (χ3n) is 9.65. The predicted molar refractivity (Wildman–Crippen MR) is 267 cm³/mol. The monoisotopic (exact) mass is 1020 g/mol. The number of aliphatic carboxylic acids is 2. The number of halogens is 1. The van der Waals surface area contributed by atoms with E-state index < -0.39 is 44.1 Å². The van der Waals surface area contributed by atoms with Crippen molar-refractivity contribution in [2.45, 2.75) is 54.6 Å². The molecule has 340 valence electrons. The van der Waals surface area contributed by atoms with Crippen molar-refractivity contribution in [3.05, 3.63) is 176 Å². The number of aryl methyl sites for hydroxylation is 2. The van der Waals surface area contributed by atoms with Gasteiger partial charge in [-0.1, -0.05) is 97.0 Å². The number of hydrogen-bond donors (Lipinski definition) is 6. The smallest absolute Gasteiger partial charge is 0.322 e. The molecule has 4 heterocycles. The summed E-state index contributed by atoms with van der Waals surface area (Å²) in [6.07, 6.45) is 8.63. The summed E-state index contributed by atoms with van der Waals surface area (Å²) in [5, 5.41) is 20.8. The van der Waals surface area contributed by atoms with E-state index in [0.717, 1.165) is 72.3 Å². The highest BCUT2D eigenvalue weighted by atomic mass is 79.9. The quantitative estimate of drug-likeness (QED) is 0.0651. The molecule has 8 aromatic rings. The minimum Gasteiger partial charge on any atom is -0.480 e. The molecule has 17 heteroatoms. The van der Waals surface area contributed by atoms with Crippen molar-refractivity contribution < 1.29 is 36.6 Å². The molecule has 0 bridgehead atoms. The highest BCUT2D eigenvalue weighted by Gasteiger charge is 2.29. The summed E-state index contributed by atoms with van der Waals surface area (Å²) < 4.78 is 55.8. The number of terminal acetylenes is 1. The number of thiophene rings is 2. The summed E-state index contributed by atoms with van der Waals surface area (Å²) in [7, 11) is -7.91. The molecule has 0 saturated carbocycles. The van der Waals surface area contributed by atoms with Crippen LogP contribution in [0, 0.1) is 38.0 Å². The van der Waals surface area contributed by atoms with Crippen LogP contribution in [0.3, 0.4) is 0 Å². The van der Waals surface area contributed by atoms with Crippen molar-refractivity contribution in [2.75, 3.05) is 0 Å². The molecule has 0 aliphatic heterocycles. The van der Waals surface area contributed by atoms with Crippen molar-refractivity contribution in [3.63, 3.8) is 0 Å². The predicted octanol–water partition coefficient (Wildman–Crippen LogP) is 9.49. The number of H-pyrrole nitrogens is 2. The van der Waals surface area contributed by atoms with E-state index in [4.69, 9.17) is 6.42 Å². The summed E-state index contributed by atoms with van der Waals surface area (Å²) >= 11 is 5.23. The van der Waals surface area contributed by atoms with E-state index in [1.165, 1.54) is 17.7 Å². The molecule has 0 radical (unpaired) electrons. The average molecular weight is 1030 g/mol. The van der Waals surface area contributed by atoms with Crippen molar-refractivity contribution in [2.24, 2.45) is 0 Å². The summed E-state index contributed by atoms with van der Waals surface area (Å²) in [5.41, 5.74) is 7.36. The zero-order chi connectivity index (χ0) is 46.7. The molecular formula is C49H45BrN4O8S4. The highest BCUT2D eigenvalue weighted by Crippen LogP contribution is 2.27. The number of rotatable bonds is 12. The second-order valence-electron chi connectivity index (χ2n) is 14.5. The fraction of sp³-hybridized carbons (Fsp3) is 0.143. The maximum absolute atomic E-state index is 12.8. The SMILES string of the molecule is C.C#Cc1ccc(C)cc1.Cc1ccc(C#Cc2ccc(S(=O)(=O)N[C@H](Cc3c[nH]c4ccccc34)C(=O)O)s2)cc1.O=C(O)[C@@H](Cc1c[nH]c2ccccc12)NS(=O)(=O)c1ccc(Br)s1. The summed E-state index contributed by atoms with van der Waals surface area (Å²) in [5.74, 6) is 6.06. The third-order valence-corrected chi connectivity index (χ3v) is 16.2. The Labute approximate surface area is 400 Å². The van der Waals surface area contributed by atoms with E-state index in [1.54, 1.807) is 24.5 Å². The van der Waals surface area contributed by atoms with Crippen LogP contribution in [0.5, 0.6) is 0 Å². The molecule has 2 atom stereocenters. The second kappa shape index (κ2) is 22.8. The topological polar surface area (TPSA) is 199 Å². The number of carboxylic acids is 2. The van der Waals surface area contributed by atoms with Crippen LogP contribution in [0.1, 0.15) is 45.7 Å². The van der Waals surface area contributed by atoms with Gasteiger partial charge in [-0.3, -0.25) is 9.59 Å². The zero-order valence-electron chi connectivity index (χ0n) is 34.7. The van der Waals surface area contributed by atoms with Gasteiger partial charge in [-0.05, 0) is 102 Å². The number of hydrogen-bond acceptors (Lipinski definition) is 8. The van der Waals surface area contributed by atoms with Gasteiger partial charge in [0.15, 0.2) is 0 Å². The van der Waals surface area contributed by atoms with E-state index in [0.29, 0.717) is 8.66 Å². The van der Waals surface area contributed by atoms with Crippen LogP contribution >= 0.6 is 38.6 Å². The first-order chi connectivity index (χ1) is 31.0. The molecule has 0 unspecified atom stereocenters. The maximum Gasteiger partial charge on any atom is 0.322 e. The number of para-hydroxylation sites is 2. The molecule has 8 rings (SSSR count). The van der Waals surface area contributed by atoms with Gasteiger partial charge in [0.2, 0.25) is 0 Å². The van der Waals surface area contributed by atoms with Gasteiger partial charge in [0.25, 0.3) is 20.0 Å². The molecule has 0 amide bonds. The van der Waals surface area contributed by atoms with Gasteiger partial charge in [-0.2, -0.15) is 9.44 Å². The van der Waals surface area contributed by atoms with Crippen LogP contribution in [0.15, 0.2) is 146 Å². The Morgan fingerprint density at radius 1 is 0.636 bits per heavy atom. The largest absolute Gasteiger partial charge is 0.480 e. The molecule has 4 aromatic heterocycles. The van der Waals surface area contributed by atoms with Crippen LogP contribution in [0.4, 0.5) is 0 Å². The van der Waals surface area contributed by atoms with Crippen molar-refractivity contribution in [1.29, 1.82) is 0 Å². The van der Waals surface area contributed by atoms with Crippen LogP contribution in [0.2, 0.25) is 0 Å². The molecule has 12 nitrogen and oxygen atoms in total. The van der Waals surface area contributed by atoms with Crippen LogP contribution in [-0.4, -0.2) is 61.0 Å². The average Bonchev–Trinajstić information content (AvgIpc) is 4.12. The van der Waals surface area contributed by atoms with E-state index in [-0.39, 0.29) is 28.7 Å². The van der Waals surface area contributed by atoms with Gasteiger partial charge in [0, 0.05) is 58.2 Å². The molecule has 0 fully saturated rings. The first-order valence-electron chi connectivity index (χ1n) is 19.6. The summed E-state index contributed by atoms with van der Waals surface area (Å²) in [6, 6.07) is 34.1. The zero-order valence-corrected chi connectivity index (χ0v) is 39.6. The second-order valence-corrected chi connectivity index (χ2v) is 21.9. The lowest BCUT2D eigenvalue weighted by Crippen LogP contribution is -2.41. The van der Waals surface area contributed by atoms with Crippen molar-refractivity contribution in [1.82, 2.24) is 19.4 Å². The fourth-order valence-electron chi connectivity index (χ4n) is 6.28. The van der Waals surface area contributed by atoms with E-state index in [1.807, 2.05) is 111 Å². The number of carboxylic acid groups (broad SMARTS) is 2. The Hall–Kier alpha value is -6.28. The number of sulfonamides is 2. The number of carbonyl (C=O) groups is 2. The van der Waals surface area contributed by atoms with E-state index in [9.17, 15) is 36.6 Å². The Balaban J connectivity index is 0.000000211. The molecular weight excluding hydrogens is 981 g/mol. The molecule has 0 aliphatic rings. The van der Waals surface area contributed by atoms with Crippen molar-refractivity contribution >= 4 is 92.4 Å². The lowest BCUT2D eigenvalue weighted by Gasteiger charge is -2.13. The van der Waals surface area contributed by atoms with Crippen molar-refractivity contribution in [3.8, 4) is 24.2 Å². The summed E-state index contributed by atoms with van der Waals surface area (Å²) in [6.45, 7) is 4.03. The summed E-state index contributed by atoms with van der Waals surface area (Å²) in [4.78, 5) is 30.0. The van der Waals surface area contributed by atoms with Crippen LogP contribution in [-0.2, 0) is 42.5 Å². The number of nitrogens with one attached hydrogen (secondary N) is 4.